The van der Waals surface area contributed by atoms with Gasteiger partial charge >= 0.3 is 0 Å². The van der Waals surface area contributed by atoms with Crippen LogP contribution in [0.5, 0.6) is 0 Å². The minimum absolute atomic E-state index is 0.135. The molecule has 1 N–H and O–H groups in total. The van der Waals surface area contributed by atoms with Crippen LogP contribution in [0, 0.1) is 0 Å². The van der Waals surface area contributed by atoms with Crippen LogP contribution in [0.3, 0.4) is 0 Å². The molecule has 9 heteroatoms. The first-order chi connectivity index (χ1) is 17.1. The molecule has 3 rings (SSSR count). The number of anilines is 1. The molecule has 196 valence electrons. The number of carbonyl (C=O) groups is 2. The van der Waals surface area contributed by atoms with E-state index in [-0.39, 0.29) is 30.8 Å². The molecular weight excluding hydrogens is 542 g/mol. The minimum atomic E-state index is -3.50. The summed E-state index contributed by atoms with van der Waals surface area (Å²) in [6, 6.07) is 16.1. The van der Waals surface area contributed by atoms with Crippen LogP contribution in [0.2, 0.25) is 0 Å². The quantitative estimate of drug-likeness (QED) is 0.413. The average Bonchev–Trinajstić information content (AvgIpc) is 2.86. The van der Waals surface area contributed by atoms with Crippen LogP contribution in [0.25, 0.3) is 0 Å². The normalized spacial score (nSPS) is 15.2. The Balaban J connectivity index is 1.69. The zero-order chi connectivity index (χ0) is 26.1. The number of halogens is 1. The van der Waals surface area contributed by atoms with Crippen molar-refractivity contribution in [2.75, 3.05) is 17.1 Å². The van der Waals surface area contributed by atoms with Crippen molar-refractivity contribution in [2.45, 2.75) is 70.5 Å². The third-order valence-electron chi connectivity index (χ3n) is 6.58. The molecule has 36 heavy (non-hydrogen) atoms. The maximum atomic E-state index is 13.4. The van der Waals surface area contributed by atoms with Gasteiger partial charge in [-0.3, -0.25) is 13.9 Å². The van der Waals surface area contributed by atoms with Crippen molar-refractivity contribution in [1.29, 1.82) is 0 Å². The van der Waals surface area contributed by atoms with Crippen molar-refractivity contribution < 1.29 is 18.0 Å². The maximum Gasteiger partial charge on any atom is 0.242 e. The minimum Gasteiger partial charge on any atom is -0.352 e. The van der Waals surface area contributed by atoms with E-state index in [1.807, 2.05) is 30.3 Å². The predicted molar refractivity (Wildman–Crippen MR) is 147 cm³/mol. The summed E-state index contributed by atoms with van der Waals surface area (Å²) < 4.78 is 27.0. The second-order valence-corrected chi connectivity index (χ2v) is 12.3. The molecular formula is C27H36BrN3O4S. The number of rotatable bonds is 11. The fourth-order valence-corrected chi connectivity index (χ4v) is 5.77. The lowest BCUT2D eigenvalue weighted by atomic mass is 9.95. The summed E-state index contributed by atoms with van der Waals surface area (Å²) in [4.78, 5) is 28.1. The number of benzene rings is 2. The first-order valence-electron chi connectivity index (χ1n) is 12.5. The summed E-state index contributed by atoms with van der Waals surface area (Å²) in [6.07, 6.45) is 7.01. The van der Waals surface area contributed by atoms with Crippen molar-refractivity contribution in [2.24, 2.45) is 0 Å². The Bertz CT molecular complexity index is 1100. The van der Waals surface area contributed by atoms with E-state index in [0.29, 0.717) is 18.7 Å². The first kappa shape index (κ1) is 28.2. The van der Waals surface area contributed by atoms with E-state index >= 15 is 0 Å². The molecule has 0 aromatic heterocycles. The lowest BCUT2D eigenvalue weighted by molar-refractivity contribution is -0.141. The second kappa shape index (κ2) is 13.2. The molecule has 0 saturated heterocycles. The Morgan fingerprint density at radius 1 is 1.03 bits per heavy atom. The number of hydrogen-bond donors (Lipinski definition) is 1. The molecule has 0 spiro atoms. The summed E-state index contributed by atoms with van der Waals surface area (Å²) in [5.41, 5.74) is 1.49. The van der Waals surface area contributed by atoms with Gasteiger partial charge in [0.25, 0.3) is 0 Å². The van der Waals surface area contributed by atoms with Gasteiger partial charge in [0, 0.05) is 30.0 Å². The lowest BCUT2D eigenvalue weighted by Crippen LogP contribution is -2.50. The summed E-state index contributed by atoms with van der Waals surface area (Å²) in [5.74, 6) is -0.319. The molecule has 7 nitrogen and oxygen atoms in total. The molecule has 2 aromatic rings. The van der Waals surface area contributed by atoms with Gasteiger partial charge in [-0.2, -0.15) is 0 Å². The van der Waals surface area contributed by atoms with E-state index in [0.717, 1.165) is 35.7 Å². The maximum absolute atomic E-state index is 13.4. The van der Waals surface area contributed by atoms with E-state index in [4.69, 9.17) is 0 Å². The summed E-state index contributed by atoms with van der Waals surface area (Å²) in [5, 5.41) is 3.14. The molecule has 1 aliphatic rings. The number of amides is 2. The van der Waals surface area contributed by atoms with Gasteiger partial charge in [0.05, 0.1) is 11.9 Å². The molecule has 1 atom stereocenters. The van der Waals surface area contributed by atoms with Gasteiger partial charge in [-0.15, -0.1) is 0 Å². The molecule has 2 amide bonds. The predicted octanol–water partition coefficient (Wildman–Crippen LogP) is 4.86. The monoisotopic (exact) mass is 577 g/mol. The molecule has 2 aromatic carbocycles. The van der Waals surface area contributed by atoms with Crippen molar-refractivity contribution in [3.05, 3.63) is 64.6 Å². The number of carbonyl (C=O) groups excluding carboxylic acids is 2. The van der Waals surface area contributed by atoms with E-state index in [1.54, 1.807) is 36.1 Å². The van der Waals surface area contributed by atoms with E-state index in [2.05, 4.69) is 21.2 Å². The molecule has 0 unspecified atom stereocenters. The number of nitrogens with one attached hydrogen (secondary N) is 1. The molecule has 1 fully saturated rings. The number of hydrogen-bond acceptors (Lipinski definition) is 4. The summed E-state index contributed by atoms with van der Waals surface area (Å²) in [7, 11) is -3.50. The summed E-state index contributed by atoms with van der Waals surface area (Å²) in [6.45, 7) is 2.25. The van der Waals surface area contributed by atoms with E-state index in [9.17, 15) is 18.0 Å². The molecule has 1 saturated carbocycles. The Morgan fingerprint density at radius 3 is 2.28 bits per heavy atom. The number of para-hydroxylation sites is 1. The van der Waals surface area contributed by atoms with Crippen molar-refractivity contribution in [3.63, 3.8) is 0 Å². The van der Waals surface area contributed by atoms with Crippen LogP contribution in [0.15, 0.2) is 59.1 Å². The van der Waals surface area contributed by atoms with Crippen molar-refractivity contribution in [3.8, 4) is 0 Å². The van der Waals surface area contributed by atoms with Crippen LogP contribution >= 0.6 is 15.9 Å². The molecule has 1 aliphatic carbocycles. The van der Waals surface area contributed by atoms with Crippen molar-refractivity contribution >= 4 is 43.5 Å². The standard InChI is InChI=1S/C27H36BrN3O4S/c1-21(27(33)29-24-10-5-3-6-11-24)30(20-22-15-17-23(28)18-16-22)26(32)14-9-19-31(36(2,34)35)25-12-7-4-8-13-25/h4,7-8,12-13,15-18,21,24H,3,5-6,9-11,14,19-20H2,1-2H3,(H,29,33)/t21-/m0/s1. The smallest absolute Gasteiger partial charge is 0.242 e. The van der Waals surface area contributed by atoms with Gasteiger partial charge in [-0.1, -0.05) is 65.5 Å². The van der Waals surface area contributed by atoms with Gasteiger partial charge in [0.1, 0.15) is 6.04 Å². The van der Waals surface area contributed by atoms with Gasteiger partial charge in [-0.25, -0.2) is 8.42 Å². The highest BCUT2D eigenvalue weighted by molar-refractivity contribution is 9.10. The Morgan fingerprint density at radius 2 is 1.67 bits per heavy atom. The largest absolute Gasteiger partial charge is 0.352 e. The molecule has 0 radical (unpaired) electrons. The SMILES string of the molecule is C[C@@H](C(=O)NC1CCCCC1)N(Cc1ccc(Br)cc1)C(=O)CCCN(c1ccccc1)S(C)(=O)=O. The van der Waals surface area contributed by atoms with Gasteiger partial charge in [0.15, 0.2) is 0 Å². The zero-order valence-corrected chi connectivity index (χ0v) is 23.4. The van der Waals surface area contributed by atoms with Crippen LogP contribution in [-0.2, 0) is 26.2 Å². The van der Waals surface area contributed by atoms with Gasteiger partial charge in [0.2, 0.25) is 21.8 Å². The Hall–Kier alpha value is -2.39. The summed E-state index contributed by atoms with van der Waals surface area (Å²) >= 11 is 3.43. The average molecular weight is 579 g/mol. The fourth-order valence-electron chi connectivity index (χ4n) is 4.54. The van der Waals surface area contributed by atoms with Gasteiger partial charge in [-0.05, 0) is 56.0 Å². The van der Waals surface area contributed by atoms with Crippen LogP contribution in [0.1, 0.15) is 57.4 Å². The Kier molecular flexibility index (Phi) is 10.4. The topological polar surface area (TPSA) is 86.8 Å². The van der Waals surface area contributed by atoms with E-state index in [1.165, 1.54) is 17.0 Å². The molecule has 0 aliphatic heterocycles. The Labute approximate surface area is 223 Å². The molecule has 0 heterocycles. The zero-order valence-electron chi connectivity index (χ0n) is 21.0. The second-order valence-electron chi connectivity index (χ2n) is 9.44. The molecule has 0 bridgehead atoms. The lowest BCUT2D eigenvalue weighted by Gasteiger charge is -2.31. The number of sulfonamides is 1. The third-order valence-corrected chi connectivity index (χ3v) is 8.30. The number of nitrogens with zero attached hydrogens (tertiary/aromatic N) is 2. The van der Waals surface area contributed by atoms with Gasteiger partial charge < -0.3 is 10.2 Å². The van der Waals surface area contributed by atoms with E-state index < -0.39 is 16.1 Å². The third kappa shape index (κ3) is 8.34. The highest BCUT2D eigenvalue weighted by Crippen LogP contribution is 2.21. The fraction of sp³-hybridized carbons (Fsp3) is 0.481. The van der Waals surface area contributed by atoms with Crippen molar-refractivity contribution in [1.82, 2.24) is 10.2 Å². The highest BCUT2D eigenvalue weighted by Gasteiger charge is 2.28. The van der Waals surface area contributed by atoms with Crippen LogP contribution in [-0.4, -0.2) is 50.0 Å². The van der Waals surface area contributed by atoms with Crippen LogP contribution in [0.4, 0.5) is 5.69 Å². The highest BCUT2D eigenvalue weighted by atomic mass is 79.9. The van der Waals surface area contributed by atoms with Crippen LogP contribution < -0.4 is 9.62 Å². The first-order valence-corrected chi connectivity index (χ1v) is 15.2.